The third kappa shape index (κ3) is 1.96. The normalized spacial score (nSPS) is 20.2. The van der Waals surface area contributed by atoms with Gasteiger partial charge in [-0.25, -0.2) is 0 Å². The number of hydrogen-bond acceptors (Lipinski definition) is 5. The van der Waals surface area contributed by atoms with Crippen molar-refractivity contribution in [3.8, 4) is 0 Å². The Labute approximate surface area is 104 Å². The van der Waals surface area contributed by atoms with Crippen LogP contribution in [0.4, 0.5) is 0 Å². The van der Waals surface area contributed by atoms with Gasteiger partial charge in [-0.1, -0.05) is 18.2 Å². The van der Waals surface area contributed by atoms with Crippen LogP contribution in [0.2, 0.25) is 0 Å². The average Bonchev–Trinajstić information content (AvgIpc) is 2.95. The molecule has 0 saturated heterocycles. The van der Waals surface area contributed by atoms with E-state index in [4.69, 9.17) is 10.2 Å². The fourth-order valence-corrected chi connectivity index (χ4v) is 3.11. The highest BCUT2D eigenvalue weighted by Crippen LogP contribution is 2.45. The van der Waals surface area contributed by atoms with Crippen LogP contribution in [-0.2, 0) is 6.42 Å². The minimum absolute atomic E-state index is 0.204. The van der Waals surface area contributed by atoms with Crippen LogP contribution in [0.25, 0.3) is 0 Å². The van der Waals surface area contributed by atoms with Crippen LogP contribution >= 0.6 is 11.8 Å². The maximum Gasteiger partial charge on any atom is 0.232 e. The number of nitrogens with two attached hydrogens (primary N) is 1. The zero-order valence-electron chi connectivity index (χ0n) is 9.46. The van der Waals surface area contributed by atoms with Gasteiger partial charge < -0.3 is 10.2 Å². The molecule has 0 fully saturated rings. The van der Waals surface area contributed by atoms with E-state index in [2.05, 4.69) is 34.5 Å². The number of thioether (sulfide) groups is 1. The zero-order valence-corrected chi connectivity index (χ0v) is 10.3. The van der Waals surface area contributed by atoms with E-state index in [0.717, 1.165) is 6.42 Å². The fourth-order valence-electron chi connectivity index (χ4n) is 1.88. The molecule has 1 aliphatic heterocycles. The van der Waals surface area contributed by atoms with E-state index in [1.807, 2.05) is 6.92 Å². The van der Waals surface area contributed by atoms with E-state index in [9.17, 15) is 0 Å². The summed E-state index contributed by atoms with van der Waals surface area (Å²) in [5.41, 5.74) is 7.06. The molecule has 2 unspecified atom stereocenters. The molecule has 1 aliphatic rings. The van der Waals surface area contributed by atoms with Crippen LogP contribution in [0.1, 0.15) is 35.6 Å². The van der Waals surface area contributed by atoms with Gasteiger partial charge in [-0.2, -0.15) is 0 Å². The van der Waals surface area contributed by atoms with E-state index < -0.39 is 0 Å². The van der Waals surface area contributed by atoms with Crippen molar-refractivity contribution in [2.75, 3.05) is 0 Å². The number of nitrogens with zero attached hydrogens (tertiary/aromatic N) is 2. The maximum absolute atomic E-state index is 5.71. The van der Waals surface area contributed by atoms with Gasteiger partial charge in [-0.15, -0.1) is 22.0 Å². The minimum Gasteiger partial charge on any atom is -0.422 e. The summed E-state index contributed by atoms with van der Waals surface area (Å²) in [6.07, 6.45) is 0.946. The number of hydrogen-bond donors (Lipinski definition) is 1. The molecule has 88 valence electrons. The maximum atomic E-state index is 5.71. The molecule has 0 bridgehead atoms. The molecule has 17 heavy (non-hydrogen) atoms. The molecule has 2 heterocycles. The van der Waals surface area contributed by atoms with E-state index >= 15 is 0 Å². The Bertz CT molecular complexity index is 513. The van der Waals surface area contributed by atoms with Crippen LogP contribution in [0.3, 0.4) is 0 Å². The molecule has 2 N–H and O–H groups in total. The van der Waals surface area contributed by atoms with Crippen LogP contribution in [-0.4, -0.2) is 10.2 Å². The molecule has 1 aromatic carbocycles. The quantitative estimate of drug-likeness (QED) is 0.883. The van der Waals surface area contributed by atoms with Gasteiger partial charge in [0.25, 0.3) is 0 Å². The predicted octanol–water partition coefficient (Wildman–Crippen LogP) is 2.48. The summed E-state index contributed by atoms with van der Waals surface area (Å²) in [6.45, 7) is 1.84. The van der Waals surface area contributed by atoms with Crippen molar-refractivity contribution >= 4 is 11.8 Å². The molecule has 0 aliphatic carbocycles. The first-order valence-electron chi connectivity index (χ1n) is 5.57. The SMILES string of the molecule is CC(N)c1nnc(C2Cc3ccccc3S2)o1. The van der Waals surface area contributed by atoms with E-state index in [1.165, 1.54) is 10.5 Å². The molecule has 0 amide bonds. The molecular weight excluding hydrogens is 234 g/mol. The Morgan fingerprint density at radius 1 is 1.41 bits per heavy atom. The van der Waals surface area contributed by atoms with E-state index in [-0.39, 0.29) is 11.3 Å². The lowest BCUT2D eigenvalue weighted by Gasteiger charge is -2.01. The first kappa shape index (κ1) is 10.8. The molecule has 0 saturated carbocycles. The van der Waals surface area contributed by atoms with Gasteiger partial charge in [0.2, 0.25) is 11.8 Å². The lowest BCUT2D eigenvalue weighted by Crippen LogP contribution is -2.04. The summed E-state index contributed by atoms with van der Waals surface area (Å²) in [6, 6.07) is 8.18. The van der Waals surface area contributed by atoms with Crippen molar-refractivity contribution in [2.24, 2.45) is 5.73 Å². The highest BCUT2D eigenvalue weighted by atomic mass is 32.2. The van der Waals surface area contributed by atoms with Crippen LogP contribution < -0.4 is 5.73 Å². The summed E-state index contributed by atoms with van der Waals surface area (Å²) >= 11 is 1.78. The molecule has 2 aromatic rings. The summed E-state index contributed by atoms with van der Waals surface area (Å²) in [5, 5.41) is 8.28. The summed E-state index contributed by atoms with van der Waals surface area (Å²) in [4.78, 5) is 1.30. The molecule has 5 heteroatoms. The third-order valence-electron chi connectivity index (χ3n) is 2.77. The summed E-state index contributed by atoms with van der Waals surface area (Å²) < 4.78 is 5.59. The van der Waals surface area contributed by atoms with Crippen molar-refractivity contribution in [1.82, 2.24) is 10.2 Å². The van der Waals surface area contributed by atoms with Crippen LogP contribution in [0, 0.1) is 0 Å². The topological polar surface area (TPSA) is 64.9 Å². The number of aromatic nitrogens is 2. The Kier molecular flexibility index (Phi) is 2.64. The second kappa shape index (κ2) is 4.16. The molecule has 0 spiro atoms. The first-order valence-corrected chi connectivity index (χ1v) is 6.45. The molecule has 4 nitrogen and oxygen atoms in total. The second-order valence-electron chi connectivity index (χ2n) is 4.19. The van der Waals surface area contributed by atoms with Gasteiger partial charge in [0.05, 0.1) is 11.3 Å². The highest BCUT2D eigenvalue weighted by Gasteiger charge is 2.28. The van der Waals surface area contributed by atoms with Gasteiger partial charge in [-0.3, -0.25) is 0 Å². The highest BCUT2D eigenvalue weighted by molar-refractivity contribution is 7.99. The van der Waals surface area contributed by atoms with E-state index in [0.29, 0.717) is 11.8 Å². The Morgan fingerprint density at radius 2 is 2.24 bits per heavy atom. The van der Waals surface area contributed by atoms with E-state index in [1.54, 1.807) is 11.8 Å². The van der Waals surface area contributed by atoms with Crippen molar-refractivity contribution in [3.63, 3.8) is 0 Å². The second-order valence-corrected chi connectivity index (χ2v) is 5.43. The lowest BCUT2D eigenvalue weighted by molar-refractivity contribution is 0.425. The largest absolute Gasteiger partial charge is 0.422 e. The Hall–Kier alpha value is -1.33. The summed E-state index contributed by atoms with van der Waals surface area (Å²) in [5.74, 6) is 1.19. The number of fused-ring (bicyclic) bond motifs is 1. The van der Waals surface area contributed by atoms with Gasteiger partial charge in [0, 0.05) is 4.90 Å². The number of benzene rings is 1. The van der Waals surface area contributed by atoms with Crippen LogP contribution in [0.15, 0.2) is 33.6 Å². The van der Waals surface area contributed by atoms with Gasteiger partial charge in [-0.05, 0) is 25.0 Å². The molecule has 2 atom stereocenters. The van der Waals surface area contributed by atoms with Gasteiger partial charge in [0.15, 0.2) is 0 Å². The van der Waals surface area contributed by atoms with Crippen molar-refractivity contribution in [3.05, 3.63) is 41.6 Å². The standard InChI is InChI=1S/C12H13N3OS/c1-7(13)11-14-15-12(16-11)10-6-8-4-2-3-5-9(8)17-10/h2-5,7,10H,6,13H2,1H3. The monoisotopic (exact) mass is 247 g/mol. The molecule has 1 aromatic heterocycles. The molecule has 0 radical (unpaired) electrons. The van der Waals surface area contributed by atoms with Crippen molar-refractivity contribution < 1.29 is 4.42 Å². The third-order valence-corrected chi connectivity index (χ3v) is 4.07. The first-order chi connectivity index (χ1) is 8.24. The Balaban J connectivity index is 1.84. The lowest BCUT2D eigenvalue weighted by atomic mass is 10.1. The van der Waals surface area contributed by atoms with Gasteiger partial charge >= 0.3 is 0 Å². The Morgan fingerprint density at radius 3 is 2.94 bits per heavy atom. The number of rotatable bonds is 2. The van der Waals surface area contributed by atoms with Crippen molar-refractivity contribution in [1.29, 1.82) is 0 Å². The van der Waals surface area contributed by atoms with Crippen LogP contribution in [0.5, 0.6) is 0 Å². The minimum atomic E-state index is -0.204. The van der Waals surface area contributed by atoms with Crippen molar-refractivity contribution in [2.45, 2.75) is 29.5 Å². The van der Waals surface area contributed by atoms with Gasteiger partial charge in [0.1, 0.15) is 0 Å². The molecule has 3 rings (SSSR count). The molecular formula is C12H13N3OS. The average molecular weight is 247 g/mol. The smallest absolute Gasteiger partial charge is 0.232 e. The fraction of sp³-hybridized carbons (Fsp3) is 0.333. The zero-order chi connectivity index (χ0) is 11.8. The predicted molar refractivity (Wildman–Crippen MR) is 65.6 cm³/mol. The summed E-state index contributed by atoms with van der Waals surface area (Å²) in [7, 11) is 0.